The molecule has 170 valence electrons. The summed E-state index contributed by atoms with van der Waals surface area (Å²) in [6, 6.07) is 7.80. The Hall–Kier alpha value is -2.80. The van der Waals surface area contributed by atoms with Gasteiger partial charge in [0.2, 0.25) is 11.5 Å². The molecule has 0 spiro atoms. The van der Waals surface area contributed by atoms with Crippen LogP contribution >= 0.6 is 0 Å². The second kappa shape index (κ2) is 9.56. The van der Waals surface area contributed by atoms with Gasteiger partial charge in [0.25, 0.3) is 0 Å². The van der Waals surface area contributed by atoms with Crippen LogP contribution in [0.15, 0.2) is 24.3 Å². The van der Waals surface area contributed by atoms with Gasteiger partial charge < -0.3 is 33.2 Å². The van der Waals surface area contributed by atoms with Crippen LogP contribution in [0.5, 0.6) is 34.5 Å². The highest BCUT2D eigenvalue weighted by molar-refractivity contribution is 5.56. The SMILES string of the molecule is COc1cc(C2O[C@H](c3cc(OC)c(OC)c(OC)c3)[C@@H](C)[C@@H]2C)cc(OC)c1OC. The minimum atomic E-state index is -0.146. The monoisotopic (exact) mass is 432 g/mol. The zero-order valence-corrected chi connectivity index (χ0v) is 19.5. The average Bonchev–Trinajstić information content (AvgIpc) is 3.11. The molecule has 0 amide bonds. The number of ether oxygens (including phenoxy) is 7. The van der Waals surface area contributed by atoms with E-state index in [1.54, 1.807) is 42.7 Å². The smallest absolute Gasteiger partial charge is 0.203 e. The fourth-order valence-electron chi connectivity index (χ4n) is 4.25. The van der Waals surface area contributed by atoms with Gasteiger partial charge in [-0.05, 0) is 47.2 Å². The van der Waals surface area contributed by atoms with E-state index in [0.717, 1.165) is 11.1 Å². The summed E-state index contributed by atoms with van der Waals surface area (Å²) in [6.45, 7) is 4.38. The van der Waals surface area contributed by atoms with Gasteiger partial charge in [-0.1, -0.05) is 13.8 Å². The maximum absolute atomic E-state index is 6.60. The largest absolute Gasteiger partial charge is 0.493 e. The highest BCUT2D eigenvalue weighted by Gasteiger charge is 2.41. The van der Waals surface area contributed by atoms with E-state index in [1.165, 1.54) is 0 Å². The molecule has 7 heteroatoms. The summed E-state index contributed by atoms with van der Waals surface area (Å²) >= 11 is 0. The molecule has 7 nitrogen and oxygen atoms in total. The Morgan fingerprint density at radius 2 is 0.806 bits per heavy atom. The van der Waals surface area contributed by atoms with Crippen LogP contribution in [0, 0.1) is 11.8 Å². The molecule has 2 aromatic rings. The highest BCUT2D eigenvalue weighted by atomic mass is 16.5. The minimum absolute atomic E-state index is 0.146. The van der Waals surface area contributed by atoms with E-state index in [1.807, 2.05) is 24.3 Å². The lowest BCUT2D eigenvalue weighted by Crippen LogP contribution is -2.10. The van der Waals surface area contributed by atoms with E-state index < -0.39 is 0 Å². The van der Waals surface area contributed by atoms with Crippen molar-refractivity contribution in [3.63, 3.8) is 0 Å². The fraction of sp³-hybridized carbons (Fsp3) is 0.500. The van der Waals surface area contributed by atoms with Crippen LogP contribution < -0.4 is 28.4 Å². The van der Waals surface area contributed by atoms with E-state index in [-0.39, 0.29) is 24.0 Å². The molecule has 1 fully saturated rings. The first-order valence-corrected chi connectivity index (χ1v) is 10.2. The standard InChI is InChI=1S/C24H32O7/c1-13-14(2)22(16-11-19(27-5)24(30-8)20(12-16)28-6)31-21(13)15-9-17(25-3)23(29-7)18(10-15)26-4/h9-14,21-22H,1-8H3/t13-,14-,21-,22?/m0/s1. The third kappa shape index (κ3) is 4.06. The Morgan fingerprint density at radius 1 is 0.516 bits per heavy atom. The van der Waals surface area contributed by atoms with Crippen LogP contribution in [0.4, 0.5) is 0 Å². The van der Waals surface area contributed by atoms with Gasteiger partial charge in [0.1, 0.15) is 0 Å². The van der Waals surface area contributed by atoms with Crippen LogP contribution in [0.3, 0.4) is 0 Å². The first kappa shape index (κ1) is 22.9. The summed E-state index contributed by atoms with van der Waals surface area (Å²) in [7, 11) is 9.64. The average molecular weight is 433 g/mol. The molecule has 1 aliphatic heterocycles. The molecule has 0 aromatic heterocycles. The van der Waals surface area contributed by atoms with Crippen molar-refractivity contribution < 1.29 is 33.2 Å². The molecule has 1 aliphatic rings. The van der Waals surface area contributed by atoms with Crippen molar-refractivity contribution in [2.45, 2.75) is 26.1 Å². The van der Waals surface area contributed by atoms with Crippen LogP contribution in [0.2, 0.25) is 0 Å². The molecule has 4 atom stereocenters. The quantitative estimate of drug-likeness (QED) is 0.592. The van der Waals surface area contributed by atoms with Gasteiger partial charge in [-0.15, -0.1) is 0 Å². The van der Waals surface area contributed by atoms with Crippen LogP contribution in [0.1, 0.15) is 37.2 Å². The second-order valence-corrected chi connectivity index (χ2v) is 7.61. The Morgan fingerprint density at radius 3 is 1.03 bits per heavy atom. The van der Waals surface area contributed by atoms with Crippen LogP contribution in [-0.4, -0.2) is 42.7 Å². The maximum atomic E-state index is 6.60. The highest BCUT2D eigenvalue weighted by Crippen LogP contribution is 2.53. The third-order valence-corrected chi connectivity index (χ3v) is 6.11. The summed E-state index contributed by atoms with van der Waals surface area (Å²) in [5, 5.41) is 0. The molecular formula is C24H32O7. The van der Waals surface area contributed by atoms with Gasteiger partial charge >= 0.3 is 0 Å². The van der Waals surface area contributed by atoms with E-state index >= 15 is 0 Å². The molecule has 0 N–H and O–H groups in total. The van der Waals surface area contributed by atoms with Gasteiger partial charge in [0, 0.05) is 0 Å². The van der Waals surface area contributed by atoms with Gasteiger partial charge in [0.05, 0.1) is 54.9 Å². The van der Waals surface area contributed by atoms with Crippen molar-refractivity contribution in [2.24, 2.45) is 11.8 Å². The molecule has 3 rings (SSSR count). The van der Waals surface area contributed by atoms with Crippen molar-refractivity contribution in [2.75, 3.05) is 42.7 Å². The Kier molecular flexibility index (Phi) is 7.05. The van der Waals surface area contributed by atoms with Gasteiger partial charge in [-0.25, -0.2) is 0 Å². The number of methoxy groups -OCH3 is 6. The van der Waals surface area contributed by atoms with E-state index in [9.17, 15) is 0 Å². The van der Waals surface area contributed by atoms with Crippen molar-refractivity contribution in [1.82, 2.24) is 0 Å². The van der Waals surface area contributed by atoms with Crippen molar-refractivity contribution in [3.8, 4) is 34.5 Å². The van der Waals surface area contributed by atoms with Crippen molar-refractivity contribution in [3.05, 3.63) is 35.4 Å². The fourth-order valence-corrected chi connectivity index (χ4v) is 4.25. The molecular weight excluding hydrogens is 400 g/mol. The molecule has 0 radical (unpaired) electrons. The summed E-state index contributed by atoms with van der Waals surface area (Å²) in [6.07, 6.45) is -0.291. The maximum Gasteiger partial charge on any atom is 0.203 e. The number of rotatable bonds is 8. The number of hydrogen-bond donors (Lipinski definition) is 0. The lowest BCUT2D eigenvalue weighted by molar-refractivity contribution is 0.0285. The second-order valence-electron chi connectivity index (χ2n) is 7.61. The van der Waals surface area contributed by atoms with Gasteiger partial charge in [-0.3, -0.25) is 0 Å². The Labute approximate surface area is 184 Å². The summed E-state index contributed by atoms with van der Waals surface area (Å²) in [5.41, 5.74) is 1.95. The lowest BCUT2D eigenvalue weighted by atomic mass is 9.85. The minimum Gasteiger partial charge on any atom is -0.493 e. The first-order chi connectivity index (χ1) is 14.9. The van der Waals surface area contributed by atoms with Crippen LogP contribution in [-0.2, 0) is 4.74 Å². The van der Waals surface area contributed by atoms with Crippen molar-refractivity contribution in [1.29, 1.82) is 0 Å². The Balaban J connectivity index is 2.01. The van der Waals surface area contributed by atoms with Gasteiger partial charge in [-0.2, -0.15) is 0 Å². The molecule has 1 unspecified atom stereocenters. The van der Waals surface area contributed by atoms with E-state index in [0.29, 0.717) is 34.5 Å². The Bertz CT molecular complexity index is 787. The molecule has 2 aromatic carbocycles. The number of benzene rings is 2. The summed E-state index contributed by atoms with van der Waals surface area (Å²) in [5.74, 6) is 4.04. The van der Waals surface area contributed by atoms with Gasteiger partial charge in [0.15, 0.2) is 23.0 Å². The zero-order chi connectivity index (χ0) is 22.7. The third-order valence-electron chi connectivity index (χ3n) is 6.11. The zero-order valence-electron chi connectivity index (χ0n) is 19.5. The summed E-state index contributed by atoms with van der Waals surface area (Å²) in [4.78, 5) is 0. The van der Waals surface area contributed by atoms with Crippen LogP contribution in [0.25, 0.3) is 0 Å². The number of hydrogen-bond acceptors (Lipinski definition) is 7. The molecule has 1 saturated heterocycles. The molecule has 0 bridgehead atoms. The predicted molar refractivity (Wildman–Crippen MR) is 117 cm³/mol. The topological polar surface area (TPSA) is 64.6 Å². The van der Waals surface area contributed by atoms with E-state index in [4.69, 9.17) is 33.2 Å². The van der Waals surface area contributed by atoms with Crippen molar-refractivity contribution >= 4 is 0 Å². The first-order valence-electron chi connectivity index (χ1n) is 10.2. The molecule has 31 heavy (non-hydrogen) atoms. The molecule has 0 aliphatic carbocycles. The normalized spacial score (nSPS) is 22.7. The molecule has 0 saturated carbocycles. The summed E-state index contributed by atoms with van der Waals surface area (Å²) < 4.78 is 39.6. The predicted octanol–water partition coefficient (Wildman–Crippen LogP) is 4.82. The molecule has 1 heterocycles. The lowest BCUT2D eigenvalue weighted by Gasteiger charge is -2.20. The van der Waals surface area contributed by atoms with E-state index in [2.05, 4.69) is 13.8 Å².